The topological polar surface area (TPSA) is 53.2 Å². The zero-order chi connectivity index (χ0) is 13.4. The number of rotatable bonds is 5. The number of amides is 1. The smallest absolute Gasteiger partial charge is 0.239 e. The van der Waals surface area contributed by atoms with E-state index in [4.69, 9.17) is 12.2 Å². The van der Waals surface area contributed by atoms with Crippen molar-refractivity contribution in [2.24, 2.45) is 5.92 Å². The predicted octanol–water partition coefficient (Wildman–Crippen LogP) is 1.56. The van der Waals surface area contributed by atoms with E-state index in [1.54, 1.807) is 0 Å². The van der Waals surface area contributed by atoms with Gasteiger partial charge in [-0.15, -0.1) is 0 Å². The third kappa shape index (κ3) is 6.79. The van der Waals surface area contributed by atoms with E-state index in [1.165, 1.54) is 32.1 Å². The van der Waals surface area contributed by atoms with Gasteiger partial charge in [-0.3, -0.25) is 4.79 Å². The van der Waals surface area contributed by atoms with Crippen LogP contribution in [-0.2, 0) is 4.79 Å². The average molecular weight is 271 g/mol. The van der Waals surface area contributed by atoms with Gasteiger partial charge in [-0.25, -0.2) is 0 Å². The van der Waals surface area contributed by atoms with Crippen LogP contribution >= 0.6 is 12.2 Å². The van der Waals surface area contributed by atoms with Gasteiger partial charge >= 0.3 is 0 Å². The van der Waals surface area contributed by atoms with Gasteiger partial charge in [-0.2, -0.15) is 0 Å². The molecule has 0 aliphatic heterocycles. The third-order valence-corrected chi connectivity index (χ3v) is 3.32. The summed E-state index contributed by atoms with van der Waals surface area (Å²) in [6.07, 6.45) is 6.24. The minimum Gasteiger partial charge on any atom is -0.360 e. The molecule has 3 N–H and O–H groups in total. The molecule has 0 heterocycles. The van der Waals surface area contributed by atoms with Gasteiger partial charge in [-0.05, 0) is 31.0 Å². The van der Waals surface area contributed by atoms with Crippen LogP contribution in [0.15, 0.2) is 0 Å². The zero-order valence-electron chi connectivity index (χ0n) is 11.4. The first-order chi connectivity index (χ1) is 8.58. The Labute approximate surface area is 115 Å². The number of carbonyl (C=O) groups excluding carboxylic acids is 1. The van der Waals surface area contributed by atoms with E-state index in [1.807, 2.05) is 0 Å². The molecular formula is C13H25N3OS. The molecule has 0 aromatic heterocycles. The minimum absolute atomic E-state index is 0.00325. The van der Waals surface area contributed by atoms with Crippen molar-refractivity contribution in [1.82, 2.24) is 16.0 Å². The van der Waals surface area contributed by atoms with E-state index in [0.29, 0.717) is 23.6 Å². The summed E-state index contributed by atoms with van der Waals surface area (Å²) in [7, 11) is 0. The lowest BCUT2D eigenvalue weighted by molar-refractivity contribution is -0.120. The zero-order valence-corrected chi connectivity index (χ0v) is 12.2. The lowest BCUT2D eigenvalue weighted by atomic mass is 9.96. The molecule has 0 spiro atoms. The molecule has 0 aromatic carbocycles. The van der Waals surface area contributed by atoms with E-state index in [-0.39, 0.29) is 12.5 Å². The second-order valence-electron chi connectivity index (χ2n) is 5.36. The molecule has 1 aliphatic carbocycles. The number of thiocarbonyl (C=S) groups is 1. The van der Waals surface area contributed by atoms with Gasteiger partial charge in [0.25, 0.3) is 0 Å². The monoisotopic (exact) mass is 271 g/mol. The second kappa shape index (κ2) is 8.29. The molecular weight excluding hydrogens is 246 g/mol. The van der Waals surface area contributed by atoms with Crippen molar-refractivity contribution >= 4 is 23.2 Å². The van der Waals surface area contributed by atoms with Gasteiger partial charge in [0, 0.05) is 12.6 Å². The van der Waals surface area contributed by atoms with E-state index in [9.17, 15) is 4.79 Å². The molecule has 104 valence electrons. The summed E-state index contributed by atoms with van der Waals surface area (Å²) in [6, 6.07) is 0.484. The van der Waals surface area contributed by atoms with E-state index >= 15 is 0 Å². The molecule has 1 amide bonds. The van der Waals surface area contributed by atoms with Crippen LogP contribution in [-0.4, -0.2) is 30.2 Å². The summed E-state index contributed by atoms with van der Waals surface area (Å²) in [5.74, 6) is 0.470. The molecule has 1 fully saturated rings. The van der Waals surface area contributed by atoms with Crippen molar-refractivity contribution in [3.8, 4) is 0 Å². The summed E-state index contributed by atoms with van der Waals surface area (Å²) in [5, 5.41) is 9.69. The van der Waals surface area contributed by atoms with Crippen molar-refractivity contribution in [3.05, 3.63) is 0 Å². The first-order valence-corrected chi connectivity index (χ1v) is 7.30. The highest BCUT2D eigenvalue weighted by atomic mass is 32.1. The van der Waals surface area contributed by atoms with Crippen LogP contribution in [0.5, 0.6) is 0 Å². The molecule has 0 unspecified atom stereocenters. The maximum atomic E-state index is 11.5. The van der Waals surface area contributed by atoms with Crippen LogP contribution in [0, 0.1) is 5.92 Å². The molecule has 18 heavy (non-hydrogen) atoms. The fourth-order valence-electron chi connectivity index (χ4n) is 2.02. The van der Waals surface area contributed by atoms with E-state index in [2.05, 4.69) is 29.8 Å². The largest absolute Gasteiger partial charge is 0.360 e. The summed E-state index contributed by atoms with van der Waals surface area (Å²) < 4.78 is 0. The van der Waals surface area contributed by atoms with E-state index in [0.717, 1.165) is 0 Å². The van der Waals surface area contributed by atoms with Crippen molar-refractivity contribution in [3.63, 3.8) is 0 Å². The summed E-state index contributed by atoms with van der Waals surface area (Å²) in [5.41, 5.74) is 0. The Morgan fingerprint density at radius 3 is 2.50 bits per heavy atom. The molecule has 0 bridgehead atoms. The molecule has 0 atom stereocenters. The fraction of sp³-hybridized carbons (Fsp3) is 0.846. The van der Waals surface area contributed by atoms with Gasteiger partial charge in [0.05, 0.1) is 6.54 Å². The fourth-order valence-corrected chi connectivity index (χ4v) is 2.26. The first kappa shape index (κ1) is 15.2. The average Bonchev–Trinajstić information content (AvgIpc) is 2.35. The molecule has 1 rings (SSSR count). The second-order valence-corrected chi connectivity index (χ2v) is 5.77. The van der Waals surface area contributed by atoms with Gasteiger partial charge in [-0.1, -0.05) is 33.1 Å². The van der Waals surface area contributed by atoms with Crippen LogP contribution < -0.4 is 16.0 Å². The molecule has 5 heteroatoms. The van der Waals surface area contributed by atoms with Gasteiger partial charge in [0.1, 0.15) is 0 Å². The van der Waals surface area contributed by atoms with Crippen molar-refractivity contribution in [2.45, 2.75) is 52.0 Å². The van der Waals surface area contributed by atoms with Crippen molar-refractivity contribution < 1.29 is 4.79 Å². The summed E-state index contributed by atoms with van der Waals surface area (Å²) in [6.45, 7) is 5.11. The molecule has 1 aliphatic rings. The molecule has 0 aromatic rings. The van der Waals surface area contributed by atoms with E-state index < -0.39 is 0 Å². The standard InChI is InChI=1S/C13H25N3OS/c1-10(2)8-14-12(17)9-15-13(18)16-11-6-4-3-5-7-11/h10-11H,3-9H2,1-2H3,(H,14,17)(H2,15,16,18). The molecule has 1 saturated carbocycles. The highest BCUT2D eigenvalue weighted by Crippen LogP contribution is 2.17. The number of nitrogens with one attached hydrogen (secondary N) is 3. The Morgan fingerprint density at radius 2 is 1.89 bits per heavy atom. The quantitative estimate of drug-likeness (QED) is 0.664. The lowest BCUT2D eigenvalue weighted by Gasteiger charge is -2.24. The molecule has 0 radical (unpaired) electrons. The van der Waals surface area contributed by atoms with Gasteiger partial charge in [0.2, 0.25) is 5.91 Å². The number of hydrogen-bond donors (Lipinski definition) is 3. The maximum Gasteiger partial charge on any atom is 0.239 e. The van der Waals surface area contributed by atoms with Crippen molar-refractivity contribution in [1.29, 1.82) is 0 Å². The highest BCUT2D eigenvalue weighted by molar-refractivity contribution is 7.80. The van der Waals surface area contributed by atoms with Crippen LogP contribution in [0.4, 0.5) is 0 Å². The summed E-state index contributed by atoms with van der Waals surface area (Å²) >= 11 is 5.19. The predicted molar refractivity (Wildman–Crippen MR) is 78.5 cm³/mol. The SMILES string of the molecule is CC(C)CNC(=O)CNC(=S)NC1CCCCC1. The van der Waals surface area contributed by atoms with Crippen LogP contribution in [0.1, 0.15) is 46.0 Å². The Balaban J connectivity index is 2.10. The lowest BCUT2D eigenvalue weighted by Crippen LogP contribution is -2.46. The normalized spacial score (nSPS) is 16.4. The Hall–Kier alpha value is -0.840. The Bertz CT molecular complexity index is 275. The minimum atomic E-state index is -0.00325. The summed E-state index contributed by atoms with van der Waals surface area (Å²) in [4.78, 5) is 11.5. The van der Waals surface area contributed by atoms with Crippen LogP contribution in [0.2, 0.25) is 0 Å². The Morgan fingerprint density at radius 1 is 1.22 bits per heavy atom. The molecule has 0 saturated heterocycles. The van der Waals surface area contributed by atoms with Gasteiger partial charge in [0.15, 0.2) is 5.11 Å². The molecule has 4 nitrogen and oxygen atoms in total. The number of carbonyl (C=O) groups is 1. The number of hydrogen-bond acceptors (Lipinski definition) is 2. The first-order valence-electron chi connectivity index (χ1n) is 6.89. The third-order valence-electron chi connectivity index (χ3n) is 3.06. The van der Waals surface area contributed by atoms with Crippen molar-refractivity contribution in [2.75, 3.05) is 13.1 Å². The van der Waals surface area contributed by atoms with Gasteiger partial charge < -0.3 is 16.0 Å². The maximum absolute atomic E-state index is 11.5. The Kier molecular flexibility index (Phi) is 7.01. The van der Waals surface area contributed by atoms with Crippen LogP contribution in [0.25, 0.3) is 0 Å². The van der Waals surface area contributed by atoms with Crippen LogP contribution in [0.3, 0.4) is 0 Å². The highest BCUT2D eigenvalue weighted by Gasteiger charge is 2.14.